The van der Waals surface area contributed by atoms with E-state index >= 15 is 0 Å². The summed E-state index contributed by atoms with van der Waals surface area (Å²) in [6, 6.07) is 0.247. The van der Waals surface area contributed by atoms with Crippen molar-refractivity contribution in [1.29, 1.82) is 0 Å². The lowest BCUT2D eigenvalue weighted by atomic mass is 9.69. The van der Waals surface area contributed by atoms with Gasteiger partial charge in [-0.05, 0) is 331 Å². The first-order valence-electron chi connectivity index (χ1n) is 60.3. The van der Waals surface area contributed by atoms with E-state index in [0.717, 1.165) is 395 Å². The van der Waals surface area contributed by atoms with E-state index in [4.69, 9.17) is 64.1 Å². The fraction of sp³-hybridized carbons (Fsp3) is 0.924. The van der Waals surface area contributed by atoms with Crippen LogP contribution in [-0.2, 0) is 30.7 Å². The molecular weight excluding hydrogens is 1810 g/mol. The maximum absolute atomic E-state index is 7.05. The van der Waals surface area contributed by atoms with Gasteiger partial charge in [-0.2, -0.15) is 55.2 Å². The van der Waals surface area contributed by atoms with Crippen LogP contribution in [0.4, 0.5) is 47.6 Å². The molecule has 5 fully saturated rings. The Hall–Kier alpha value is -4.97. The van der Waals surface area contributed by atoms with Crippen LogP contribution in [0.15, 0.2) is 0 Å². The van der Waals surface area contributed by atoms with Crippen LogP contribution >= 0.6 is 0 Å². The Morgan fingerprint density at radius 2 is 0.455 bits per heavy atom. The first-order chi connectivity index (χ1) is 68.7. The van der Waals surface area contributed by atoms with Crippen LogP contribution < -0.4 is 43.8 Å². The lowest BCUT2D eigenvalue weighted by Gasteiger charge is -2.56. The highest BCUT2D eigenvalue weighted by atomic mass is 16.7. The topological polar surface area (TPSA) is 195 Å². The number of unbranched alkanes of at least 4 members (excludes halogenated alkanes) is 12. The van der Waals surface area contributed by atoms with Crippen LogP contribution in [0.25, 0.3) is 0 Å². The minimum atomic E-state index is -0.370. The van der Waals surface area contributed by atoms with Gasteiger partial charge in [0.1, 0.15) is 5.82 Å². The number of nitrogens with zero attached hydrogens (tertiary/aromatic N) is 22. The Kier molecular flexibility index (Phi) is 50.4. The Morgan fingerprint density at radius 1 is 0.234 bits per heavy atom. The van der Waals surface area contributed by atoms with Crippen molar-refractivity contribution in [3.05, 3.63) is 5.82 Å². The molecule has 8 rings (SSSR count). The molecule has 145 heavy (non-hydrogen) atoms. The molecular formula is C118H227N22O5+. The Balaban J connectivity index is 1.45. The number of hydroxylamine groups is 10. The molecule has 0 amide bonds. The second-order valence-corrected chi connectivity index (χ2v) is 51.0. The van der Waals surface area contributed by atoms with Gasteiger partial charge in [-0.1, -0.05) is 184 Å². The molecule has 27 heteroatoms. The van der Waals surface area contributed by atoms with Crippen molar-refractivity contribution in [2.45, 2.75) is 591 Å². The highest BCUT2D eigenvalue weighted by Crippen LogP contribution is 2.52. The van der Waals surface area contributed by atoms with Gasteiger partial charge in [-0.3, -0.25) is 34.0 Å². The van der Waals surface area contributed by atoms with Gasteiger partial charge < -0.3 is 29.4 Å². The van der Waals surface area contributed by atoms with Crippen LogP contribution in [0.5, 0.6) is 0 Å². The Bertz CT molecular complexity index is 3980. The highest BCUT2D eigenvalue weighted by Gasteiger charge is 2.56. The fourth-order valence-electron chi connectivity index (χ4n) is 26.0. The van der Waals surface area contributed by atoms with Crippen molar-refractivity contribution < 1.29 is 28.8 Å². The van der Waals surface area contributed by atoms with Crippen molar-refractivity contribution in [2.24, 2.45) is 5.92 Å². The highest BCUT2D eigenvalue weighted by molar-refractivity contribution is 5.49. The van der Waals surface area contributed by atoms with E-state index in [1.54, 1.807) is 0 Å². The van der Waals surface area contributed by atoms with Gasteiger partial charge in [0.15, 0.2) is 0 Å². The van der Waals surface area contributed by atoms with E-state index in [0.29, 0.717) is 33.0 Å². The maximum atomic E-state index is 7.05. The monoisotopic (exact) mass is 2030 g/mol. The molecule has 5 aliphatic rings. The second kappa shape index (κ2) is 58.4. The minimum absolute atomic E-state index is 0.0173. The molecule has 3 aromatic rings. The van der Waals surface area contributed by atoms with Crippen LogP contribution in [0, 0.1) is 5.92 Å². The first-order valence-corrected chi connectivity index (χ1v) is 60.3. The molecule has 0 spiro atoms. The summed E-state index contributed by atoms with van der Waals surface area (Å²) in [5.74, 6) is 8.28. The molecule has 27 nitrogen and oxygen atoms in total. The molecule has 1 unspecified atom stereocenters. The summed E-state index contributed by atoms with van der Waals surface area (Å²) < 4.78 is 2.63. The molecule has 5 saturated heterocycles. The SMILES string of the molecule is CCCCC(c1nc(N(CCCCN(c2nc(N(CCCC)CCCC)nc(N(CCCC)CCCC)n2)C2CC(C)(C)N(OCCC)C(C)(C)C2)C2CC(C)(C)N(OCCC)C(C)(C)C2)nc(N(CCCCN(c2nc(N(CCCC)CCCC)nc(N(CCCC)CCCC)[n+]2CCCC)C2CC(C)(C)N(OCCC)C(C)(C)C2)C2CC(C)(C)N(OCCC)C(C)(C)C2)n1)C1CC(C)(C)N(OCCC)C(C)(C)C1. The third-order valence-electron chi connectivity index (χ3n) is 31.9. The standard InChI is InChI=1S/C118H227N22O5/c1-36-51-65-99(94-84-109(16,17)136(141-79-46-11)110(18,19)85-94)100-119-104(131(95-86-111(20,21)137(142-80-47-12)112(22,23)87-95)75-61-62-77-133(97-90-115(28,29)139(144-82-49-14)116(30,31)91-97)106-122-101(127(66-52-37-2)67-53-38-3)121-102(123-106)128(68-54-39-4)69-55-40-5)124-105(120-100)132(96-88-113(24,25)138(143-81-48-13)114(26,27)89-96)76-63-64-78-134(98-92-117(32,33)140(145-83-50-15)118(34,35)93-98)108-126-103(129(70-56-41-6)71-57-42-7)125-107(135(108)74-60-45-10)130(72-58-43-8)73-59-44-9/h94-99H,36-93H2,1-35H3/q+1. The van der Waals surface area contributed by atoms with Gasteiger partial charge in [0.25, 0.3) is 0 Å². The maximum Gasteiger partial charge on any atom is 0.327 e. The number of piperidine rings is 5. The molecule has 0 saturated carbocycles. The normalized spacial score (nSPS) is 20.2. The van der Waals surface area contributed by atoms with E-state index in [-0.39, 0.29) is 91.4 Å². The molecule has 1 atom stereocenters. The molecule has 0 aliphatic carbocycles. The van der Waals surface area contributed by atoms with Crippen molar-refractivity contribution in [2.75, 3.05) is 151 Å². The summed E-state index contributed by atoms with van der Waals surface area (Å²) >= 11 is 0. The molecule has 0 radical (unpaired) electrons. The van der Waals surface area contributed by atoms with Gasteiger partial charge in [-0.25, -0.2) is 4.57 Å². The minimum Gasteiger partial charge on any atom is -0.341 e. The van der Waals surface area contributed by atoms with Crippen LogP contribution in [0.1, 0.15) is 511 Å². The Labute approximate surface area is 890 Å². The average molecular weight is 2030 g/mol. The molecule has 838 valence electrons. The molecule has 0 bridgehead atoms. The smallest absolute Gasteiger partial charge is 0.327 e. The summed E-state index contributed by atoms with van der Waals surface area (Å²) in [5.41, 5.74) is -3.27. The summed E-state index contributed by atoms with van der Waals surface area (Å²) in [4.78, 5) is 105. The lowest BCUT2D eigenvalue weighted by molar-refractivity contribution is -0.678. The Morgan fingerprint density at radius 3 is 0.724 bits per heavy atom. The average Bonchev–Trinajstić information content (AvgIpc) is 0.760. The first kappa shape index (κ1) is 125. The number of hydrogen-bond acceptors (Lipinski definition) is 26. The lowest BCUT2D eigenvalue weighted by Crippen LogP contribution is -2.65. The van der Waals surface area contributed by atoms with Crippen LogP contribution in [0.3, 0.4) is 0 Å². The van der Waals surface area contributed by atoms with Gasteiger partial charge in [0, 0.05) is 158 Å². The van der Waals surface area contributed by atoms with Gasteiger partial charge in [-0.15, -0.1) is 0 Å². The van der Waals surface area contributed by atoms with Gasteiger partial charge in [0.2, 0.25) is 29.7 Å². The summed E-state index contributed by atoms with van der Waals surface area (Å²) in [6.07, 6.45) is 39.7. The zero-order valence-corrected chi connectivity index (χ0v) is 101. The number of anilines is 8. The van der Waals surface area contributed by atoms with E-state index in [1.165, 1.54) is 0 Å². The van der Waals surface area contributed by atoms with Crippen LogP contribution in [-0.4, -0.2) is 256 Å². The number of aromatic nitrogens is 9. The van der Waals surface area contributed by atoms with E-state index < -0.39 is 0 Å². The quantitative estimate of drug-likeness (QED) is 0.0382. The van der Waals surface area contributed by atoms with Crippen LogP contribution in [0.2, 0.25) is 0 Å². The molecule has 3 aromatic heterocycles. The van der Waals surface area contributed by atoms with E-state index in [9.17, 15) is 0 Å². The third-order valence-corrected chi connectivity index (χ3v) is 31.9. The zero-order valence-electron chi connectivity index (χ0n) is 101. The largest absolute Gasteiger partial charge is 0.341 e. The molecule has 0 aromatic carbocycles. The molecule has 5 aliphatic heterocycles. The molecule has 8 heterocycles. The van der Waals surface area contributed by atoms with E-state index in [2.05, 4.69) is 311 Å². The van der Waals surface area contributed by atoms with Crippen molar-refractivity contribution in [3.63, 3.8) is 0 Å². The predicted molar refractivity (Wildman–Crippen MR) is 611 cm³/mol. The van der Waals surface area contributed by atoms with Crippen molar-refractivity contribution in [3.8, 4) is 0 Å². The van der Waals surface area contributed by atoms with Crippen molar-refractivity contribution >= 4 is 47.6 Å². The summed E-state index contributed by atoms with van der Waals surface area (Å²) in [7, 11) is 0. The summed E-state index contributed by atoms with van der Waals surface area (Å²) in [5, 5.41) is 11.9. The van der Waals surface area contributed by atoms with E-state index in [1.807, 2.05) is 0 Å². The molecule has 0 N–H and O–H groups in total. The van der Waals surface area contributed by atoms with Crippen molar-refractivity contribution in [1.82, 2.24) is 65.2 Å². The predicted octanol–water partition coefficient (Wildman–Crippen LogP) is 27.1. The second-order valence-electron chi connectivity index (χ2n) is 51.0. The number of hydrogen-bond donors (Lipinski definition) is 0. The third kappa shape index (κ3) is 34.5. The zero-order chi connectivity index (χ0) is 107. The summed E-state index contributed by atoms with van der Waals surface area (Å²) in [6.45, 7) is 97.8. The number of rotatable bonds is 69. The van der Waals surface area contributed by atoms with Gasteiger partial charge >= 0.3 is 17.8 Å². The fourth-order valence-corrected chi connectivity index (χ4v) is 26.0. The van der Waals surface area contributed by atoms with Gasteiger partial charge in [0.05, 0.1) is 45.6 Å².